The minimum absolute atomic E-state index is 0.366. The van der Waals surface area contributed by atoms with Gasteiger partial charge >= 0.3 is 0 Å². The van der Waals surface area contributed by atoms with Crippen LogP contribution in [-0.2, 0) is 0 Å². The molecule has 1 heterocycles. The number of benzene rings is 6. The molecule has 0 aliphatic heterocycles. The van der Waals surface area contributed by atoms with Gasteiger partial charge in [0.2, 0.25) is 0 Å². The molecule has 1 aromatic heterocycles. The Bertz CT molecular complexity index is 2710. The zero-order valence-corrected chi connectivity index (χ0v) is 29.6. The highest BCUT2D eigenvalue weighted by atomic mass is 32.1. The van der Waals surface area contributed by atoms with Crippen molar-refractivity contribution >= 4 is 66.3 Å². The molecule has 0 saturated carbocycles. The fraction of sp³-hybridized carbons (Fsp3) is 0.0800. The van der Waals surface area contributed by atoms with Crippen LogP contribution < -0.4 is 15.3 Å². The van der Waals surface area contributed by atoms with E-state index in [9.17, 15) is 0 Å². The Morgan fingerprint density at radius 2 is 1.29 bits per heavy atom. The van der Waals surface area contributed by atoms with E-state index in [1.807, 2.05) is 11.3 Å². The highest BCUT2D eigenvalue weighted by Crippen LogP contribution is 2.47. The van der Waals surface area contributed by atoms with Crippen LogP contribution in [0.4, 0.5) is 17.1 Å². The maximum absolute atomic E-state index is 2.45. The van der Waals surface area contributed by atoms with Crippen molar-refractivity contribution in [1.29, 1.82) is 0 Å². The summed E-state index contributed by atoms with van der Waals surface area (Å²) in [7, 11) is 0. The van der Waals surface area contributed by atoms with Crippen LogP contribution in [-0.4, -0.2) is 0 Å². The normalized spacial score (nSPS) is 18.7. The Hall–Kier alpha value is -5.96. The second kappa shape index (κ2) is 13.0. The molecule has 3 unspecified atom stereocenters. The molecular formula is C50H37NS. The molecule has 3 aliphatic rings. The van der Waals surface area contributed by atoms with E-state index in [0.717, 1.165) is 17.8 Å². The van der Waals surface area contributed by atoms with Gasteiger partial charge in [0, 0.05) is 44.6 Å². The zero-order valence-electron chi connectivity index (χ0n) is 28.8. The van der Waals surface area contributed by atoms with Crippen molar-refractivity contribution in [3.05, 3.63) is 204 Å². The molecule has 3 aliphatic carbocycles. The lowest BCUT2D eigenvalue weighted by Crippen LogP contribution is -2.27. The van der Waals surface area contributed by atoms with E-state index in [0.29, 0.717) is 17.8 Å². The van der Waals surface area contributed by atoms with Crippen LogP contribution in [0.2, 0.25) is 0 Å². The highest BCUT2D eigenvalue weighted by molar-refractivity contribution is 7.26. The first-order chi connectivity index (χ1) is 25.8. The Balaban J connectivity index is 1.09. The van der Waals surface area contributed by atoms with Gasteiger partial charge in [0.15, 0.2) is 0 Å². The fourth-order valence-corrected chi connectivity index (χ4v) is 9.49. The summed E-state index contributed by atoms with van der Waals surface area (Å²) in [5, 5.41) is 5.28. The molecule has 0 amide bonds. The average molecular weight is 684 g/mol. The molecule has 2 heteroatoms. The van der Waals surface area contributed by atoms with Crippen molar-refractivity contribution in [2.75, 3.05) is 4.90 Å². The van der Waals surface area contributed by atoms with Crippen molar-refractivity contribution in [2.24, 2.45) is 11.8 Å². The molecule has 0 bridgehead atoms. The first kappa shape index (κ1) is 30.8. The smallest absolute Gasteiger partial charge is 0.0640 e. The first-order valence-corrected chi connectivity index (χ1v) is 19.1. The van der Waals surface area contributed by atoms with E-state index in [2.05, 4.69) is 199 Å². The summed E-state index contributed by atoms with van der Waals surface area (Å²) in [6.07, 6.45) is 21.8. The summed E-state index contributed by atoms with van der Waals surface area (Å²) in [6.45, 7) is 0. The van der Waals surface area contributed by atoms with Gasteiger partial charge in [-0.15, -0.1) is 11.3 Å². The lowest BCUT2D eigenvalue weighted by Gasteiger charge is -2.27. The third-order valence-corrected chi connectivity index (χ3v) is 12.1. The summed E-state index contributed by atoms with van der Waals surface area (Å²) in [5.41, 5.74) is 9.90. The van der Waals surface area contributed by atoms with E-state index in [1.165, 1.54) is 64.1 Å². The largest absolute Gasteiger partial charge is 0.309 e. The van der Waals surface area contributed by atoms with Gasteiger partial charge < -0.3 is 4.90 Å². The standard InChI is InChI=1S/C50H37NS/c1-2-12-38(13-3-1)45-16-9-19-48-49(45)46-17-8-18-47(50(46)52-48)51(43-28-24-36(25-29-43)41-22-20-34-10-4-6-14-39(34)32-41)44-30-26-37(27-31-44)42-23-21-35-11-5-7-15-40(35)33-42/h1-22,24-34,39,42H,23H2. The molecule has 3 atom stereocenters. The summed E-state index contributed by atoms with van der Waals surface area (Å²) in [6, 6.07) is 51.5. The minimum Gasteiger partial charge on any atom is -0.309 e. The van der Waals surface area contributed by atoms with Crippen molar-refractivity contribution in [3.8, 4) is 11.1 Å². The molecule has 0 fully saturated rings. The van der Waals surface area contributed by atoms with E-state index in [1.54, 1.807) is 0 Å². The van der Waals surface area contributed by atoms with E-state index in [-0.39, 0.29) is 0 Å². The summed E-state index contributed by atoms with van der Waals surface area (Å²) >= 11 is 1.89. The maximum atomic E-state index is 2.45. The predicted molar refractivity (Wildman–Crippen MR) is 224 cm³/mol. The number of allylic oxidation sites excluding steroid dienone is 8. The van der Waals surface area contributed by atoms with Crippen LogP contribution in [0.15, 0.2) is 182 Å². The quantitative estimate of drug-likeness (QED) is 0.169. The molecule has 0 N–H and O–H groups in total. The van der Waals surface area contributed by atoms with Crippen molar-refractivity contribution < 1.29 is 0 Å². The Morgan fingerprint density at radius 1 is 0.558 bits per heavy atom. The topological polar surface area (TPSA) is 3.24 Å². The molecule has 7 aromatic rings. The third kappa shape index (κ3) is 5.48. The first-order valence-electron chi connectivity index (χ1n) is 18.3. The summed E-state index contributed by atoms with van der Waals surface area (Å²) in [4.78, 5) is 2.45. The van der Waals surface area contributed by atoms with Crippen molar-refractivity contribution in [3.63, 3.8) is 0 Å². The van der Waals surface area contributed by atoms with Gasteiger partial charge in [-0.25, -0.2) is 0 Å². The van der Waals surface area contributed by atoms with Gasteiger partial charge in [0.25, 0.3) is 0 Å². The lowest BCUT2D eigenvalue weighted by molar-refractivity contribution is 0.663. The number of rotatable bonds is 6. The Morgan fingerprint density at radius 3 is 2.12 bits per heavy atom. The van der Waals surface area contributed by atoms with Crippen molar-refractivity contribution in [1.82, 2.24) is 0 Å². The van der Waals surface area contributed by atoms with Gasteiger partial charge in [0.05, 0.1) is 10.4 Å². The van der Waals surface area contributed by atoms with Gasteiger partial charge in [-0.2, -0.15) is 0 Å². The molecule has 0 saturated heterocycles. The average Bonchev–Trinajstić information content (AvgIpc) is 3.61. The number of anilines is 3. The molecule has 52 heavy (non-hydrogen) atoms. The van der Waals surface area contributed by atoms with E-state index < -0.39 is 0 Å². The SMILES string of the molecule is C1=CC2C=CC(c3ccc(N(c4ccc(C5C=c6ccccc6=CC5)cc4)c4cccc5c4sc4cccc(-c6ccccc6)c45)cc3)=CC2C=C1. The Labute approximate surface area is 308 Å². The number of hydrogen-bond acceptors (Lipinski definition) is 2. The highest BCUT2D eigenvalue weighted by Gasteiger charge is 2.22. The molecule has 1 nitrogen and oxygen atoms in total. The molecule has 0 radical (unpaired) electrons. The van der Waals surface area contributed by atoms with Crippen LogP contribution in [0.25, 0.3) is 49.0 Å². The predicted octanol–water partition coefficient (Wildman–Crippen LogP) is 12.3. The second-order valence-electron chi connectivity index (χ2n) is 14.0. The van der Waals surface area contributed by atoms with Crippen LogP contribution in [0.1, 0.15) is 23.5 Å². The third-order valence-electron chi connectivity index (χ3n) is 10.9. The maximum Gasteiger partial charge on any atom is 0.0640 e. The van der Waals surface area contributed by atoms with Gasteiger partial charge in [0.1, 0.15) is 0 Å². The second-order valence-corrected chi connectivity index (χ2v) is 15.1. The number of thiophene rings is 1. The van der Waals surface area contributed by atoms with Crippen molar-refractivity contribution in [2.45, 2.75) is 12.3 Å². The number of fused-ring (bicyclic) bond motifs is 5. The summed E-state index contributed by atoms with van der Waals surface area (Å²) in [5.74, 6) is 1.23. The molecule has 10 rings (SSSR count). The molecule has 248 valence electrons. The summed E-state index contributed by atoms with van der Waals surface area (Å²) < 4.78 is 2.60. The van der Waals surface area contributed by atoms with E-state index in [4.69, 9.17) is 0 Å². The zero-order chi connectivity index (χ0) is 34.4. The van der Waals surface area contributed by atoms with Gasteiger partial charge in [-0.1, -0.05) is 158 Å². The molecular weight excluding hydrogens is 647 g/mol. The molecule has 0 spiro atoms. The van der Waals surface area contributed by atoms with Crippen LogP contribution >= 0.6 is 11.3 Å². The van der Waals surface area contributed by atoms with Gasteiger partial charge in [-0.3, -0.25) is 0 Å². The number of nitrogens with zero attached hydrogens (tertiary/aromatic N) is 1. The van der Waals surface area contributed by atoms with Crippen LogP contribution in [0.5, 0.6) is 0 Å². The molecule has 6 aromatic carbocycles. The van der Waals surface area contributed by atoms with E-state index >= 15 is 0 Å². The monoisotopic (exact) mass is 683 g/mol. The fourth-order valence-electron chi connectivity index (χ4n) is 8.26. The lowest BCUT2D eigenvalue weighted by atomic mass is 9.81. The van der Waals surface area contributed by atoms with Gasteiger partial charge in [-0.05, 0) is 81.1 Å². The number of hydrogen-bond donors (Lipinski definition) is 0. The Kier molecular flexibility index (Phi) is 7.70. The van der Waals surface area contributed by atoms with Crippen LogP contribution in [0, 0.1) is 11.8 Å². The van der Waals surface area contributed by atoms with Crippen LogP contribution in [0.3, 0.4) is 0 Å². The minimum atomic E-state index is 0.366.